The van der Waals surface area contributed by atoms with Gasteiger partial charge in [-0.15, -0.1) is 0 Å². The summed E-state index contributed by atoms with van der Waals surface area (Å²) in [6.07, 6.45) is 3.46. The second kappa shape index (κ2) is 4.25. The molecule has 6 heteroatoms. The zero-order valence-electron chi connectivity index (χ0n) is 9.98. The second-order valence-corrected chi connectivity index (χ2v) is 6.83. The topological polar surface area (TPSA) is 49.9 Å². The molecule has 2 saturated heterocycles. The Balaban J connectivity index is 2.18. The Labute approximate surface area is 97.4 Å². The van der Waals surface area contributed by atoms with Crippen LogP contribution in [0.3, 0.4) is 0 Å². The highest BCUT2D eigenvalue weighted by Gasteiger charge is 2.46. The molecule has 2 aliphatic heterocycles. The first-order valence-electron chi connectivity index (χ1n) is 5.67. The molecule has 0 radical (unpaired) electrons. The van der Waals surface area contributed by atoms with Crippen LogP contribution >= 0.6 is 0 Å². The fourth-order valence-corrected chi connectivity index (χ4v) is 3.81. The molecule has 2 fully saturated rings. The zero-order valence-corrected chi connectivity index (χ0v) is 10.8. The largest absolute Gasteiger partial charge is 0.383 e. The fraction of sp³-hybridized carbons (Fsp3) is 1.00. The van der Waals surface area contributed by atoms with Crippen molar-refractivity contribution in [1.29, 1.82) is 0 Å². The van der Waals surface area contributed by atoms with Gasteiger partial charge in [0.1, 0.15) is 0 Å². The Morgan fingerprint density at radius 2 is 2.06 bits per heavy atom. The lowest BCUT2D eigenvalue weighted by Crippen LogP contribution is -2.62. The summed E-state index contributed by atoms with van der Waals surface area (Å²) in [4.78, 5) is 2.39. The van der Waals surface area contributed by atoms with Crippen LogP contribution in [0.1, 0.15) is 12.8 Å². The van der Waals surface area contributed by atoms with Crippen molar-refractivity contribution in [2.45, 2.75) is 18.4 Å². The Kier molecular flexibility index (Phi) is 3.27. The van der Waals surface area contributed by atoms with Crippen molar-refractivity contribution < 1.29 is 13.2 Å². The second-order valence-electron chi connectivity index (χ2n) is 4.84. The van der Waals surface area contributed by atoms with Crippen LogP contribution in [-0.2, 0) is 14.8 Å². The molecular weight excluding hydrogens is 228 g/mol. The number of fused-ring (bicyclic) bond motifs is 1. The van der Waals surface area contributed by atoms with E-state index in [1.165, 1.54) is 6.26 Å². The van der Waals surface area contributed by atoms with Crippen LogP contribution in [0, 0.1) is 0 Å². The minimum absolute atomic E-state index is 0.0733. The SMILES string of the molecule is COCC12CCCN1CCN(S(C)(=O)=O)C2. The molecule has 2 rings (SSSR count). The minimum Gasteiger partial charge on any atom is -0.383 e. The molecule has 5 nitrogen and oxygen atoms in total. The maximum atomic E-state index is 11.6. The average molecular weight is 248 g/mol. The predicted molar refractivity (Wildman–Crippen MR) is 61.8 cm³/mol. The van der Waals surface area contributed by atoms with Crippen molar-refractivity contribution in [2.24, 2.45) is 0 Å². The Morgan fingerprint density at radius 3 is 2.69 bits per heavy atom. The number of methoxy groups -OCH3 is 1. The summed E-state index contributed by atoms with van der Waals surface area (Å²) >= 11 is 0. The zero-order chi connectivity index (χ0) is 11.8. The molecule has 0 aromatic heterocycles. The van der Waals surface area contributed by atoms with Gasteiger partial charge >= 0.3 is 0 Å². The third kappa shape index (κ3) is 2.11. The van der Waals surface area contributed by atoms with Gasteiger partial charge in [-0.2, -0.15) is 4.31 Å². The molecule has 0 bridgehead atoms. The van der Waals surface area contributed by atoms with Crippen LogP contribution in [0.25, 0.3) is 0 Å². The minimum atomic E-state index is -3.07. The molecule has 0 N–H and O–H groups in total. The molecule has 0 amide bonds. The van der Waals surface area contributed by atoms with Crippen LogP contribution in [0.15, 0.2) is 0 Å². The van der Waals surface area contributed by atoms with Crippen LogP contribution in [-0.4, -0.2) is 69.3 Å². The van der Waals surface area contributed by atoms with E-state index >= 15 is 0 Å². The molecule has 1 atom stereocenters. The van der Waals surface area contributed by atoms with E-state index in [4.69, 9.17) is 4.74 Å². The van der Waals surface area contributed by atoms with Crippen LogP contribution < -0.4 is 0 Å². The number of rotatable bonds is 3. The van der Waals surface area contributed by atoms with Gasteiger partial charge in [0.2, 0.25) is 10.0 Å². The number of nitrogens with zero attached hydrogens (tertiary/aromatic N) is 2. The number of sulfonamides is 1. The molecule has 94 valence electrons. The maximum Gasteiger partial charge on any atom is 0.211 e. The van der Waals surface area contributed by atoms with Gasteiger partial charge in [-0.3, -0.25) is 4.90 Å². The van der Waals surface area contributed by atoms with Crippen molar-refractivity contribution in [3.8, 4) is 0 Å². The monoisotopic (exact) mass is 248 g/mol. The third-order valence-electron chi connectivity index (χ3n) is 3.71. The highest BCUT2D eigenvalue weighted by Crippen LogP contribution is 2.33. The smallest absolute Gasteiger partial charge is 0.211 e. The molecule has 1 unspecified atom stereocenters. The van der Waals surface area contributed by atoms with E-state index in [0.29, 0.717) is 19.7 Å². The first kappa shape index (κ1) is 12.3. The highest BCUT2D eigenvalue weighted by atomic mass is 32.2. The van der Waals surface area contributed by atoms with Crippen LogP contribution in [0.4, 0.5) is 0 Å². The summed E-state index contributed by atoms with van der Waals surface area (Å²) in [5.74, 6) is 0. The van der Waals surface area contributed by atoms with E-state index in [-0.39, 0.29) is 5.54 Å². The summed E-state index contributed by atoms with van der Waals surface area (Å²) in [6, 6.07) is 0. The van der Waals surface area contributed by atoms with E-state index in [1.54, 1.807) is 11.4 Å². The van der Waals surface area contributed by atoms with Gasteiger partial charge in [0.15, 0.2) is 0 Å². The average Bonchev–Trinajstić information content (AvgIpc) is 2.59. The summed E-state index contributed by atoms with van der Waals surface area (Å²) in [7, 11) is -1.38. The molecule has 0 saturated carbocycles. The number of ether oxygens (including phenoxy) is 1. The molecular formula is C10H20N2O3S. The van der Waals surface area contributed by atoms with Crippen molar-refractivity contribution in [3.63, 3.8) is 0 Å². The van der Waals surface area contributed by atoms with Gasteiger partial charge in [0.25, 0.3) is 0 Å². The van der Waals surface area contributed by atoms with Crippen molar-refractivity contribution in [1.82, 2.24) is 9.21 Å². The maximum absolute atomic E-state index is 11.6. The van der Waals surface area contributed by atoms with E-state index in [2.05, 4.69) is 4.90 Å². The molecule has 16 heavy (non-hydrogen) atoms. The standard InChI is InChI=1S/C10H20N2O3S/c1-15-9-10-4-3-5-11(10)6-7-12(8-10)16(2,13)14/h3-9H2,1-2H3. The number of hydrogen-bond donors (Lipinski definition) is 0. The normalized spacial score (nSPS) is 32.9. The molecule has 0 aromatic rings. The van der Waals surface area contributed by atoms with E-state index in [1.807, 2.05) is 0 Å². The van der Waals surface area contributed by atoms with Gasteiger partial charge < -0.3 is 4.74 Å². The lowest BCUT2D eigenvalue weighted by molar-refractivity contribution is -0.000361. The molecule has 2 aliphatic rings. The van der Waals surface area contributed by atoms with Gasteiger partial charge in [0, 0.05) is 26.7 Å². The van der Waals surface area contributed by atoms with Crippen molar-refractivity contribution in [3.05, 3.63) is 0 Å². The van der Waals surface area contributed by atoms with E-state index in [9.17, 15) is 8.42 Å². The highest BCUT2D eigenvalue weighted by molar-refractivity contribution is 7.88. The summed E-state index contributed by atoms with van der Waals surface area (Å²) in [5, 5.41) is 0. The third-order valence-corrected chi connectivity index (χ3v) is 4.96. The van der Waals surface area contributed by atoms with Crippen LogP contribution in [0.5, 0.6) is 0 Å². The quantitative estimate of drug-likeness (QED) is 0.690. The number of piperazine rings is 1. The summed E-state index contributed by atoms with van der Waals surface area (Å²) in [6.45, 7) is 3.72. The molecule has 0 spiro atoms. The summed E-state index contributed by atoms with van der Waals surface area (Å²) < 4.78 is 30.1. The van der Waals surface area contributed by atoms with Gasteiger partial charge in [-0.25, -0.2) is 8.42 Å². The van der Waals surface area contributed by atoms with E-state index in [0.717, 1.165) is 25.9 Å². The molecule has 0 aromatic carbocycles. The Hall–Kier alpha value is -0.170. The Morgan fingerprint density at radius 1 is 1.31 bits per heavy atom. The first-order valence-corrected chi connectivity index (χ1v) is 7.52. The molecule has 2 heterocycles. The Bertz CT molecular complexity index is 357. The molecule has 0 aliphatic carbocycles. The lowest BCUT2D eigenvalue weighted by atomic mass is 9.95. The van der Waals surface area contributed by atoms with Gasteiger partial charge in [-0.05, 0) is 19.4 Å². The predicted octanol–water partition coefficient (Wildman–Crippen LogP) is -0.257. The van der Waals surface area contributed by atoms with Gasteiger partial charge in [-0.1, -0.05) is 0 Å². The lowest BCUT2D eigenvalue weighted by Gasteiger charge is -2.45. The van der Waals surface area contributed by atoms with Crippen LogP contribution in [0.2, 0.25) is 0 Å². The first-order chi connectivity index (χ1) is 7.48. The fourth-order valence-electron chi connectivity index (χ4n) is 2.92. The van der Waals surface area contributed by atoms with E-state index < -0.39 is 10.0 Å². The number of hydrogen-bond acceptors (Lipinski definition) is 4. The van der Waals surface area contributed by atoms with Gasteiger partial charge in [0.05, 0.1) is 18.4 Å². The summed E-state index contributed by atoms with van der Waals surface area (Å²) in [5.41, 5.74) is -0.0733. The van der Waals surface area contributed by atoms with Crippen molar-refractivity contribution in [2.75, 3.05) is 46.2 Å². The van der Waals surface area contributed by atoms with Crippen molar-refractivity contribution >= 4 is 10.0 Å².